The smallest absolute Gasteiger partial charge is 0.371 e. The van der Waals surface area contributed by atoms with E-state index in [0.29, 0.717) is 25.3 Å². The van der Waals surface area contributed by atoms with Crippen LogP contribution in [0.5, 0.6) is 0 Å². The summed E-state index contributed by atoms with van der Waals surface area (Å²) in [5, 5.41) is 9.66. The summed E-state index contributed by atoms with van der Waals surface area (Å²) in [5.74, 6) is -1.05. The Morgan fingerprint density at radius 3 is 2.66 bits per heavy atom. The first kappa shape index (κ1) is 23.6. The van der Waals surface area contributed by atoms with E-state index in [-0.39, 0.29) is 29.3 Å². The highest BCUT2D eigenvalue weighted by molar-refractivity contribution is 6.04. The van der Waals surface area contributed by atoms with Crippen molar-refractivity contribution in [1.82, 2.24) is 20.1 Å². The largest absolute Gasteiger partial charge is 0.433 e. The predicted octanol–water partition coefficient (Wildman–Crippen LogP) is 3.76. The van der Waals surface area contributed by atoms with E-state index in [1.807, 2.05) is 0 Å². The molecule has 0 bridgehead atoms. The molecule has 1 aromatic carbocycles. The van der Waals surface area contributed by atoms with Gasteiger partial charge in [0.1, 0.15) is 11.5 Å². The van der Waals surface area contributed by atoms with Crippen LogP contribution >= 0.6 is 12.4 Å². The predicted molar refractivity (Wildman–Crippen MR) is 110 cm³/mol. The summed E-state index contributed by atoms with van der Waals surface area (Å²) in [7, 11) is 0. The van der Waals surface area contributed by atoms with Crippen molar-refractivity contribution in [2.45, 2.75) is 12.3 Å². The standard InChI is InChI=1S/C20H17F4N5O2.ClH/c21-16-7-13(1-3-15(16)17-10-25-5-6-31-17)28-19(30)12-8-27-29(11-12)14-2-4-18(26-9-14)20(22,23)24;/h1-4,7-9,11,17,25H,5-6,10H2,(H,28,30);1H. The van der Waals surface area contributed by atoms with Crippen LogP contribution in [0.2, 0.25) is 0 Å². The quantitative estimate of drug-likeness (QED) is 0.566. The third-order valence-corrected chi connectivity index (χ3v) is 4.68. The number of rotatable bonds is 4. The van der Waals surface area contributed by atoms with Gasteiger partial charge in [0.15, 0.2) is 0 Å². The molecular formula is C20H18ClF4N5O2. The van der Waals surface area contributed by atoms with E-state index in [9.17, 15) is 22.4 Å². The molecule has 1 atom stereocenters. The number of hydrogen-bond acceptors (Lipinski definition) is 5. The molecule has 1 fully saturated rings. The van der Waals surface area contributed by atoms with Crippen LogP contribution in [-0.4, -0.2) is 40.4 Å². The van der Waals surface area contributed by atoms with Gasteiger partial charge in [-0.25, -0.2) is 14.1 Å². The van der Waals surface area contributed by atoms with Gasteiger partial charge in [0.2, 0.25) is 0 Å². The van der Waals surface area contributed by atoms with Crippen LogP contribution in [0, 0.1) is 5.82 Å². The number of alkyl halides is 3. The molecule has 0 spiro atoms. The van der Waals surface area contributed by atoms with Gasteiger partial charge in [-0.2, -0.15) is 18.3 Å². The maximum absolute atomic E-state index is 14.5. The highest BCUT2D eigenvalue weighted by atomic mass is 35.5. The van der Waals surface area contributed by atoms with Crippen LogP contribution < -0.4 is 10.6 Å². The average Bonchev–Trinajstić information content (AvgIpc) is 3.24. The zero-order valence-corrected chi connectivity index (χ0v) is 17.2. The summed E-state index contributed by atoms with van der Waals surface area (Å²) in [6.45, 7) is 1.70. The maximum Gasteiger partial charge on any atom is 0.433 e. The third kappa shape index (κ3) is 5.23. The Labute approximate surface area is 186 Å². The van der Waals surface area contributed by atoms with E-state index in [4.69, 9.17) is 4.74 Å². The number of amides is 1. The van der Waals surface area contributed by atoms with E-state index >= 15 is 0 Å². The van der Waals surface area contributed by atoms with E-state index < -0.39 is 29.7 Å². The van der Waals surface area contributed by atoms with Crippen LogP contribution in [0.4, 0.5) is 23.2 Å². The maximum atomic E-state index is 14.5. The Morgan fingerprint density at radius 1 is 1.22 bits per heavy atom. The van der Waals surface area contributed by atoms with Gasteiger partial charge in [-0.3, -0.25) is 4.79 Å². The molecule has 3 aromatic rings. The number of carbonyl (C=O) groups excluding carboxylic acids is 1. The molecule has 2 aromatic heterocycles. The van der Waals surface area contributed by atoms with Crippen LogP contribution in [0.1, 0.15) is 27.7 Å². The number of hydrogen-bond donors (Lipinski definition) is 2. The number of morpholine rings is 1. The zero-order valence-electron chi connectivity index (χ0n) is 16.4. The molecule has 1 saturated heterocycles. The van der Waals surface area contributed by atoms with Gasteiger partial charge in [-0.1, -0.05) is 6.07 Å². The Bertz CT molecular complexity index is 1080. The Balaban J connectivity index is 0.00000289. The minimum Gasteiger partial charge on any atom is -0.371 e. The second-order valence-electron chi connectivity index (χ2n) is 6.83. The lowest BCUT2D eigenvalue weighted by atomic mass is 10.1. The van der Waals surface area contributed by atoms with Gasteiger partial charge < -0.3 is 15.4 Å². The first-order valence-electron chi connectivity index (χ1n) is 9.33. The lowest BCUT2D eigenvalue weighted by Crippen LogP contribution is -2.33. The minimum absolute atomic E-state index is 0. The summed E-state index contributed by atoms with van der Waals surface area (Å²) < 4.78 is 59.1. The SMILES string of the molecule is Cl.O=C(Nc1ccc(C2CNCCO2)c(F)c1)c1cnn(-c2ccc(C(F)(F)F)nc2)c1. The van der Waals surface area contributed by atoms with Crippen LogP contribution in [0.15, 0.2) is 48.9 Å². The molecule has 1 aliphatic heterocycles. The zero-order chi connectivity index (χ0) is 22.0. The highest BCUT2D eigenvalue weighted by Gasteiger charge is 2.32. The van der Waals surface area contributed by atoms with E-state index in [0.717, 1.165) is 12.3 Å². The highest BCUT2D eigenvalue weighted by Crippen LogP contribution is 2.28. The van der Waals surface area contributed by atoms with Gasteiger partial charge in [0.25, 0.3) is 5.91 Å². The number of pyridine rings is 1. The van der Waals surface area contributed by atoms with Gasteiger partial charge >= 0.3 is 6.18 Å². The number of anilines is 1. The van der Waals surface area contributed by atoms with Crippen molar-refractivity contribution in [2.24, 2.45) is 0 Å². The van der Waals surface area contributed by atoms with Crippen molar-refractivity contribution in [3.63, 3.8) is 0 Å². The van der Waals surface area contributed by atoms with Crippen molar-refractivity contribution in [2.75, 3.05) is 25.0 Å². The fourth-order valence-corrected chi connectivity index (χ4v) is 3.10. The molecular weight excluding hydrogens is 454 g/mol. The fraction of sp³-hybridized carbons (Fsp3) is 0.250. The van der Waals surface area contributed by atoms with Crippen molar-refractivity contribution in [1.29, 1.82) is 0 Å². The summed E-state index contributed by atoms with van der Waals surface area (Å²) >= 11 is 0. The average molecular weight is 472 g/mol. The number of halogens is 5. The third-order valence-electron chi connectivity index (χ3n) is 4.68. The molecule has 1 aliphatic rings. The number of nitrogens with zero attached hydrogens (tertiary/aromatic N) is 3. The molecule has 4 rings (SSSR count). The Kier molecular flexibility index (Phi) is 7.12. The number of aromatic nitrogens is 3. The van der Waals surface area contributed by atoms with Gasteiger partial charge in [0.05, 0.1) is 36.4 Å². The molecule has 1 unspecified atom stereocenters. The fourth-order valence-electron chi connectivity index (χ4n) is 3.10. The first-order chi connectivity index (χ1) is 14.8. The van der Waals surface area contributed by atoms with Gasteiger partial charge in [-0.15, -0.1) is 12.4 Å². The normalized spacial score (nSPS) is 16.3. The van der Waals surface area contributed by atoms with Crippen LogP contribution in [0.3, 0.4) is 0 Å². The van der Waals surface area contributed by atoms with Gasteiger partial charge in [-0.05, 0) is 24.3 Å². The molecule has 2 N–H and O–H groups in total. The molecule has 32 heavy (non-hydrogen) atoms. The number of ether oxygens (including phenoxy) is 1. The summed E-state index contributed by atoms with van der Waals surface area (Å²) in [5.41, 5.74) is 0.0146. The monoisotopic (exact) mass is 471 g/mol. The molecule has 0 radical (unpaired) electrons. The number of carbonyl (C=O) groups is 1. The molecule has 0 aliphatic carbocycles. The van der Waals surface area contributed by atoms with Crippen molar-refractivity contribution >= 4 is 24.0 Å². The molecule has 0 saturated carbocycles. The molecule has 12 heteroatoms. The van der Waals surface area contributed by atoms with E-state index in [1.54, 1.807) is 12.1 Å². The van der Waals surface area contributed by atoms with Crippen molar-refractivity contribution < 1.29 is 27.1 Å². The lowest BCUT2D eigenvalue weighted by Gasteiger charge is -2.24. The van der Waals surface area contributed by atoms with E-state index in [1.165, 1.54) is 29.2 Å². The summed E-state index contributed by atoms with van der Waals surface area (Å²) in [6.07, 6.45) is -1.34. The van der Waals surface area contributed by atoms with Crippen molar-refractivity contribution in [3.8, 4) is 5.69 Å². The second-order valence-corrected chi connectivity index (χ2v) is 6.83. The number of nitrogens with one attached hydrogen (secondary N) is 2. The van der Waals surface area contributed by atoms with Crippen molar-refractivity contribution in [3.05, 3.63) is 71.6 Å². The van der Waals surface area contributed by atoms with E-state index in [2.05, 4.69) is 20.7 Å². The molecule has 3 heterocycles. The van der Waals surface area contributed by atoms with Crippen LogP contribution in [0.25, 0.3) is 5.69 Å². The molecule has 7 nitrogen and oxygen atoms in total. The topological polar surface area (TPSA) is 81.1 Å². The Hall–Kier alpha value is -3.02. The lowest BCUT2D eigenvalue weighted by molar-refractivity contribution is -0.141. The minimum atomic E-state index is -4.54. The second kappa shape index (κ2) is 9.63. The number of benzene rings is 1. The van der Waals surface area contributed by atoms with Gasteiger partial charge in [0, 0.05) is 30.5 Å². The summed E-state index contributed by atoms with van der Waals surface area (Å²) in [4.78, 5) is 15.8. The Morgan fingerprint density at radius 2 is 2.03 bits per heavy atom. The molecule has 1 amide bonds. The van der Waals surface area contributed by atoms with Crippen LogP contribution in [-0.2, 0) is 10.9 Å². The first-order valence-corrected chi connectivity index (χ1v) is 9.33. The molecule has 170 valence electrons. The summed E-state index contributed by atoms with van der Waals surface area (Å²) in [6, 6.07) is 6.35.